The van der Waals surface area contributed by atoms with Crippen molar-refractivity contribution in [1.82, 2.24) is 0 Å². The van der Waals surface area contributed by atoms with E-state index in [1.54, 1.807) is 0 Å². The third kappa shape index (κ3) is 27.6. The third-order valence-corrected chi connectivity index (χ3v) is 6.14. The SMILES string of the molecule is CC1=[C-]C(C)C=C1C.CC1=[C-]C(C)C=C1C.CC1=[C-]C(C)C=C1C.CC1=[C-]C(C)C=C1C.[CH3][GeH][CH3].[CH3][GeH][CH3].[Cl-].[Cl-].[Hf].[Hf]. The van der Waals surface area contributed by atoms with Gasteiger partial charge < -0.3 is 24.8 Å². The van der Waals surface area contributed by atoms with Crippen LogP contribution in [0.5, 0.6) is 0 Å². The Hall–Kier alpha value is 1.33. The molecule has 0 saturated carbocycles. The largest absolute Gasteiger partial charge is 1.00 e. The normalized spacial score (nSPS) is 21.9. The van der Waals surface area contributed by atoms with E-state index in [4.69, 9.17) is 0 Å². The summed E-state index contributed by atoms with van der Waals surface area (Å²) < 4.78 is 0. The number of hydrogen-bond acceptors (Lipinski definition) is 0. The Labute approximate surface area is 326 Å². The maximum Gasteiger partial charge on any atom is 0 e. The molecule has 4 aliphatic rings. The van der Waals surface area contributed by atoms with E-state index < -0.39 is 0 Å². The number of rotatable bonds is 0. The van der Waals surface area contributed by atoms with Crippen molar-refractivity contribution in [2.75, 3.05) is 0 Å². The van der Waals surface area contributed by atoms with Crippen LogP contribution >= 0.6 is 0 Å². The molecule has 0 aliphatic heterocycles. The molecule has 42 heavy (non-hydrogen) atoms. The molecular weight excluding hydrogens is 1010 g/mol. The molecular formula is C36H58Cl2Ge2Hf2-6. The average Bonchev–Trinajstić information content (AvgIpc) is 3.46. The monoisotopic (exact) mass is 1070 g/mol. The molecule has 0 spiro atoms. The van der Waals surface area contributed by atoms with Crippen molar-refractivity contribution in [3.8, 4) is 0 Å². The summed E-state index contributed by atoms with van der Waals surface area (Å²) in [5.41, 5.74) is 10.8. The van der Waals surface area contributed by atoms with Gasteiger partial charge in [0.25, 0.3) is 0 Å². The molecule has 4 aliphatic carbocycles. The Morgan fingerprint density at radius 1 is 0.405 bits per heavy atom. The van der Waals surface area contributed by atoms with E-state index in [1.165, 1.54) is 44.6 Å². The summed E-state index contributed by atoms with van der Waals surface area (Å²) >= 11 is 0.625. The van der Waals surface area contributed by atoms with Gasteiger partial charge in [-0.1, -0.05) is 79.1 Å². The third-order valence-electron chi connectivity index (χ3n) is 6.14. The van der Waals surface area contributed by atoms with E-state index in [0.717, 1.165) is 0 Å². The van der Waals surface area contributed by atoms with Gasteiger partial charge in [0.15, 0.2) is 0 Å². The van der Waals surface area contributed by atoms with Crippen molar-refractivity contribution in [3.05, 3.63) is 93.2 Å². The van der Waals surface area contributed by atoms with Gasteiger partial charge >= 0.3 is 53.9 Å². The Morgan fingerprint density at radius 3 is 0.548 bits per heavy atom. The van der Waals surface area contributed by atoms with E-state index in [2.05, 4.69) is 155 Å². The van der Waals surface area contributed by atoms with E-state index in [9.17, 15) is 0 Å². The zero-order chi connectivity index (χ0) is 30.0. The first-order valence-electron chi connectivity index (χ1n) is 14.3. The molecule has 6 heteroatoms. The van der Waals surface area contributed by atoms with Crippen LogP contribution in [0.1, 0.15) is 83.1 Å². The summed E-state index contributed by atoms with van der Waals surface area (Å²) in [4.78, 5) is 0. The van der Waals surface area contributed by atoms with Gasteiger partial charge in [-0.25, -0.2) is 44.6 Å². The minimum absolute atomic E-state index is 0. The van der Waals surface area contributed by atoms with Crippen LogP contribution in [0.3, 0.4) is 0 Å². The molecule has 0 heterocycles. The molecule has 0 amide bonds. The minimum atomic E-state index is 0. The van der Waals surface area contributed by atoms with E-state index in [-0.39, 0.29) is 76.5 Å². The van der Waals surface area contributed by atoms with Crippen molar-refractivity contribution in [1.29, 1.82) is 0 Å². The first kappa shape index (κ1) is 55.7. The van der Waals surface area contributed by atoms with Gasteiger partial charge in [0.1, 0.15) is 0 Å². The van der Waals surface area contributed by atoms with Gasteiger partial charge in [-0.05, 0) is 0 Å². The quantitative estimate of drug-likeness (QED) is 0.250. The minimum Gasteiger partial charge on any atom is -1.00 e. The Kier molecular flexibility index (Phi) is 42.8. The van der Waals surface area contributed by atoms with Crippen molar-refractivity contribution in [2.24, 2.45) is 23.7 Å². The van der Waals surface area contributed by atoms with Crippen LogP contribution < -0.4 is 24.8 Å². The van der Waals surface area contributed by atoms with Crippen molar-refractivity contribution < 1.29 is 76.5 Å². The molecule has 4 unspecified atom stereocenters. The maximum absolute atomic E-state index is 3.29. The maximum atomic E-state index is 3.29. The fourth-order valence-electron chi connectivity index (χ4n) is 3.99. The summed E-state index contributed by atoms with van der Waals surface area (Å²) in [6.07, 6.45) is 22.1. The smallest absolute Gasteiger partial charge is 0 e. The number of hydrogen-bond donors (Lipinski definition) is 0. The predicted octanol–water partition coefficient (Wildman–Crippen LogP) is 4.37. The number of halogens is 2. The van der Waals surface area contributed by atoms with Gasteiger partial charge in [-0.2, -0.15) is 24.3 Å². The predicted molar refractivity (Wildman–Crippen MR) is 179 cm³/mol. The van der Waals surface area contributed by atoms with Crippen molar-refractivity contribution in [3.63, 3.8) is 0 Å². The fourth-order valence-corrected chi connectivity index (χ4v) is 3.99. The second-order valence-corrected chi connectivity index (χ2v) is 15.6. The molecule has 0 aromatic heterocycles. The summed E-state index contributed by atoms with van der Waals surface area (Å²) in [6, 6.07) is 0. The first-order valence-corrected chi connectivity index (χ1v) is 24.0. The Morgan fingerprint density at radius 2 is 0.524 bits per heavy atom. The van der Waals surface area contributed by atoms with E-state index >= 15 is 0 Å². The van der Waals surface area contributed by atoms with Crippen LogP contribution in [0.2, 0.25) is 23.0 Å². The Bertz CT molecular complexity index is 741. The molecule has 0 aromatic carbocycles. The molecule has 0 N–H and O–H groups in total. The topological polar surface area (TPSA) is 0 Å². The van der Waals surface area contributed by atoms with Crippen LogP contribution in [0.25, 0.3) is 0 Å². The second-order valence-electron chi connectivity index (χ2n) is 10.8. The van der Waals surface area contributed by atoms with Crippen LogP contribution in [-0.4, -0.2) is 30.9 Å². The van der Waals surface area contributed by atoms with Crippen molar-refractivity contribution >= 4 is 30.9 Å². The standard InChI is InChI=1S/4C8H11.2C2H7Ge.2ClH.2Hf/c4*1-6-4-7(2)8(3)5-6;2*1-3-2;;;;/h4*4,6H,1-3H3;2*3H,1-2H3;2*1H;;/q4*-1;;;;;;/p-2. The van der Waals surface area contributed by atoms with Gasteiger partial charge in [-0.15, -0.1) is 27.7 Å². The second kappa shape index (κ2) is 32.3. The first-order chi connectivity index (χ1) is 17.6. The van der Waals surface area contributed by atoms with Gasteiger partial charge in [0.2, 0.25) is 0 Å². The molecule has 238 valence electrons. The summed E-state index contributed by atoms with van der Waals surface area (Å²) in [5.74, 6) is 11.3. The summed E-state index contributed by atoms with van der Waals surface area (Å²) in [7, 11) is 0. The van der Waals surface area contributed by atoms with Crippen LogP contribution in [0.15, 0.2) is 68.9 Å². The number of allylic oxidation sites excluding steroid dienone is 16. The van der Waals surface area contributed by atoms with Gasteiger partial charge in [-0.3, -0.25) is 24.3 Å². The summed E-state index contributed by atoms with van der Waals surface area (Å²) in [5, 5.41) is 0. The van der Waals surface area contributed by atoms with E-state index in [1.807, 2.05) is 0 Å². The molecule has 0 saturated heterocycles. The van der Waals surface area contributed by atoms with Gasteiger partial charge in [0.05, 0.1) is 0 Å². The van der Waals surface area contributed by atoms with Crippen LogP contribution in [-0.2, 0) is 51.7 Å². The van der Waals surface area contributed by atoms with Crippen LogP contribution in [0.4, 0.5) is 0 Å². The van der Waals surface area contributed by atoms with Gasteiger partial charge in [0, 0.05) is 51.7 Å². The zero-order valence-corrected chi connectivity index (χ0v) is 43.1. The van der Waals surface area contributed by atoms with Crippen molar-refractivity contribution in [2.45, 2.75) is 106 Å². The fraction of sp³-hybridized carbons (Fsp3) is 0.556. The molecule has 2 radical (unpaired) electrons. The molecule has 4 atom stereocenters. The molecule has 0 fully saturated rings. The molecule has 0 aromatic rings. The summed E-state index contributed by atoms with van der Waals surface area (Å²) in [6.45, 7) is 25.6. The Balaban J connectivity index is -0.0000000939. The van der Waals surface area contributed by atoms with E-state index in [0.29, 0.717) is 54.5 Å². The average molecular weight is 1060 g/mol. The zero-order valence-electron chi connectivity index (χ0n) is 29.5. The molecule has 0 bridgehead atoms. The van der Waals surface area contributed by atoms with Crippen LogP contribution in [0, 0.1) is 48.0 Å². The molecule has 0 nitrogen and oxygen atoms in total. The molecule has 4 rings (SSSR count).